The largest absolute Gasteiger partial charge is 1.00 e. The van der Waals surface area contributed by atoms with Gasteiger partial charge in [0.05, 0.1) is 12.4 Å². The summed E-state index contributed by atoms with van der Waals surface area (Å²) in [6.45, 7) is -2.79. The number of hydrogen-bond acceptors (Lipinski definition) is 1. The Bertz CT molecular complexity index is 398. The van der Waals surface area contributed by atoms with Crippen molar-refractivity contribution in [3.63, 3.8) is 0 Å². The average Bonchev–Trinajstić information content (AvgIpc) is 2.32. The molecule has 1 rings (SSSR count). The second kappa shape index (κ2) is 10.2. The quantitative estimate of drug-likeness (QED) is 0.398. The van der Waals surface area contributed by atoms with Crippen LogP contribution in [0.15, 0.2) is 18.2 Å². The molecule has 0 spiro atoms. The van der Waals surface area contributed by atoms with Gasteiger partial charge in [-0.15, -0.1) is 0 Å². The van der Waals surface area contributed by atoms with Crippen molar-refractivity contribution < 1.29 is 73.5 Å². The molecule has 0 fully saturated rings. The molecule has 7 heteroatoms. The molecule has 0 aliphatic carbocycles. The van der Waals surface area contributed by atoms with Gasteiger partial charge in [-0.3, -0.25) is 0 Å². The maximum Gasteiger partial charge on any atom is 1.00 e. The molecule has 108 valence electrons. The van der Waals surface area contributed by atoms with Crippen LogP contribution in [0.3, 0.4) is 0 Å². The third kappa shape index (κ3) is 7.45. The van der Waals surface area contributed by atoms with Crippen molar-refractivity contribution in [3.05, 3.63) is 24.0 Å². The number of ether oxygens (including phenoxy) is 1. The fourth-order valence-electron chi connectivity index (χ4n) is 1.76. The van der Waals surface area contributed by atoms with E-state index in [9.17, 15) is 17.3 Å². The number of hydrogen-bond donors (Lipinski definition) is 0. The molecule has 0 radical (unpaired) electrons. The van der Waals surface area contributed by atoms with Crippen molar-refractivity contribution in [3.8, 4) is 5.75 Å². The predicted molar refractivity (Wildman–Crippen MR) is 69.4 cm³/mol. The van der Waals surface area contributed by atoms with Crippen LogP contribution in [0.1, 0.15) is 39.0 Å². The fourth-order valence-corrected chi connectivity index (χ4v) is 1.76. The molecule has 0 heterocycles. The minimum Gasteiger partial charge on any atom is -0.493 e. The monoisotopic (exact) mass is 316 g/mol. The van der Waals surface area contributed by atoms with Gasteiger partial charge in [0.1, 0.15) is 5.75 Å². The topological polar surface area (TPSA) is 9.23 Å². The van der Waals surface area contributed by atoms with Crippen LogP contribution >= 0.6 is 0 Å². The summed E-state index contributed by atoms with van der Waals surface area (Å²) >= 11 is 0. The zero-order valence-corrected chi connectivity index (χ0v) is 15.1. The Kier molecular flexibility index (Phi) is 10.4. The molecule has 0 aliphatic heterocycles. The molecule has 0 saturated carbocycles. The van der Waals surface area contributed by atoms with E-state index in [1.807, 2.05) is 0 Å². The van der Waals surface area contributed by atoms with Crippen LogP contribution in [0.2, 0.25) is 0 Å². The van der Waals surface area contributed by atoms with Crippen molar-refractivity contribution in [2.24, 2.45) is 0 Å². The first-order chi connectivity index (χ1) is 8.95. The summed E-state index contributed by atoms with van der Waals surface area (Å²) in [7, 11) is 0. The molecule has 0 atom stereocenters. The van der Waals surface area contributed by atoms with Gasteiger partial charge in [-0.25, -0.2) is 4.39 Å². The average molecular weight is 316 g/mol. The van der Waals surface area contributed by atoms with E-state index in [0.29, 0.717) is 6.61 Å². The Morgan fingerprint density at radius 1 is 1.05 bits per heavy atom. The molecule has 0 aromatic heterocycles. The Morgan fingerprint density at radius 3 is 2.25 bits per heavy atom. The third-order valence-corrected chi connectivity index (χ3v) is 2.84. The summed E-state index contributed by atoms with van der Waals surface area (Å²) in [6.07, 6.45) is 5.26. The first kappa shape index (κ1) is 20.4. The molecule has 0 bridgehead atoms. The van der Waals surface area contributed by atoms with Crippen molar-refractivity contribution in [2.45, 2.75) is 39.0 Å². The van der Waals surface area contributed by atoms with Crippen LogP contribution in [-0.4, -0.2) is 13.6 Å². The summed E-state index contributed by atoms with van der Waals surface area (Å²) < 4.78 is 55.6. The van der Waals surface area contributed by atoms with E-state index in [0.717, 1.165) is 44.2 Å². The van der Waals surface area contributed by atoms with E-state index >= 15 is 0 Å². The predicted octanol–water partition coefficient (Wildman–Crippen LogP) is 1.23. The summed E-state index contributed by atoms with van der Waals surface area (Å²) in [5, 5.41) is 0. The van der Waals surface area contributed by atoms with Gasteiger partial charge in [-0.1, -0.05) is 44.1 Å². The fraction of sp³-hybridized carbons (Fsp3) is 0.538. The number of unbranched alkanes of at least 4 members (excludes halogenated alkanes) is 4. The molecular weight excluding hydrogens is 298 g/mol. The summed E-state index contributed by atoms with van der Waals surface area (Å²) in [5.74, 6) is -1.12. The molecule has 0 unspecified atom stereocenters. The number of rotatable bonds is 8. The van der Waals surface area contributed by atoms with Gasteiger partial charge in [0, 0.05) is 6.07 Å². The maximum atomic E-state index is 13.2. The minimum absolute atomic E-state index is 0. The SMILES string of the molecule is CCCCCCCOc1ccc([B-](F)(F)F)c(F)c1.[K+]. The molecule has 0 aliphatic rings. The standard InChI is InChI=1S/C13H18BF4O.K/c1-2-3-4-5-6-9-19-11-7-8-12(13(15)10-11)14(16,17)18;/h7-8,10H,2-6,9H2,1H3;/q-1;+1. The Hall–Kier alpha value is 0.441. The second-order valence-corrected chi connectivity index (χ2v) is 4.52. The summed E-state index contributed by atoms with van der Waals surface area (Å²) in [5.41, 5.74) is -1.20. The van der Waals surface area contributed by atoms with Crippen LogP contribution in [0, 0.1) is 5.82 Å². The van der Waals surface area contributed by atoms with Crippen LogP contribution in [0.4, 0.5) is 17.3 Å². The summed E-state index contributed by atoms with van der Waals surface area (Å²) in [4.78, 5) is 0. The van der Waals surface area contributed by atoms with Gasteiger partial charge in [0.25, 0.3) is 0 Å². The Labute approximate surface area is 159 Å². The Morgan fingerprint density at radius 2 is 1.70 bits per heavy atom. The van der Waals surface area contributed by atoms with E-state index in [4.69, 9.17) is 4.74 Å². The van der Waals surface area contributed by atoms with E-state index in [2.05, 4.69) is 6.92 Å². The molecule has 0 saturated heterocycles. The third-order valence-electron chi connectivity index (χ3n) is 2.84. The number of halogens is 4. The van der Waals surface area contributed by atoms with Crippen LogP contribution < -0.4 is 61.6 Å². The minimum atomic E-state index is -5.30. The second-order valence-electron chi connectivity index (χ2n) is 4.52. The maximum absolute atomic E-state index is 13.2. The van der Waals surface area contributed by atoms with Crippen molar-refractivity contribution >= 4 is 12.4 Å². The van der Waals surface area contributed by atoms with Crippen LogP contribution in [0.5, 0.6) is 5.75 Å². The van der Waals surface area contributed by atoms with E-state index in [1.165, 1.54) is 6.07 Å². The summed E-state index contributed by atoms with van der Waals surface area (Å²) in [6, 6.07) is 2.71. The van der Waals surface area contributed by atoms with Crippen molar-refractivity contribution in [1.29, 1.82) is 0 Å². The molecular formula is C13H18BF4KO. The molecule has 1 nitrogen and oxygen atoms in total. The molecule has 0 amide bonds. The van der Waals surface area contributed by atoms with E-state index < -0.39 is 18.3 Å². The molecule has 0 N–H and O–H groups in total. The number of benzene rings is 1. The molecule has 1 aromatic rings. The van der Waals surface area contributed by atoms with Gasteiger partial charge in [-0.2, -0.15) is 0 Å². The van der Waals surface area contributed by atoms with E-state index in [1.54, 1.807) is 0 Å². The zero-order chi connectivity index (χ0) is 14.3. The van der Waals surface area contributed by atoms with Gasteiger partial charge < -0.3 is 17.7 Å². The van der Waals surface area contributed by atoms with Gasteiger partial charge in [0.2, 0.25) is 0 Å². The van der Waals surface area contributed by atoms with Crippen molar-refractivity contribution in [2.75, 3.05) is 6.61 Å². The van der Waals surface area contributed by atoms with Gasteiger partial charge in [-0.05, 0) is 12.5 Å². The first-order valence-corrected chi connectivity index (χ1v) is 6.57. The van der Waals surface area contributed by atoms with Crippen molar-refractivity contribution in [1.82, 2.24) is 0 Å². The van der Waals surface area contributed by atoms with Crippen LogP contribution in [0.25, 0.3) is 0 Å². The van der Waals surface area contributed by atoms with Gasteiger partial charge in [0.15, 0.2) is 0 Å². The smallest absolute Gasteiger partial charge is 0.493 e. The molecule has 1 aromatic carbocycles. The van der Waals surface area contributed by atoms with Crippen LogP contribution in [-0.2, 0) is 0 Å². The van der Waals surface area contributed by atoms with Gasteiger partial charge >= 0.3 is 58.4 Å². The van der Waals surface area contributed by atoms with E-state index in [-0.39, 0.29) is 57.1 Å². The first-order valence-electron chi connectivity index (χ1n) is 6.57. The normalized spacial score (nSPS) is 11.1. The zero-order valence-electron chi connectivity index (χ0n) is 12.0. The Balaban J connectivity index is 0.00000361. The molecule has 20 heavy (non-hydrogen) atoms.